The highest BCUT2D eigenvalue weighted by Gasteiger charge is 2.26. The third-order valence-electron chi connectivity index (χ3n) is 3.31. The van der Waals surface area contributed by atoms with Crippen molar-refractivity contribution in [2.45, 2.75) is 24.2 Å². The van der Waals surface area contributed by atoms with Crippen molar-refractivity contribution < 1.29 is 13.2 Å². The number of likely N-dealkylation sites (tertiary alicyclic amines) is 1. The molecule has 20 heavy (non-hydrogen) atoms. The third kappa shape index (κ3) is 3.43. The zero-order valence-electron chi connectivity index (χ0n) is 11.0. The molecule has 0 saturated carbocycles. The molecule has 1 saturated heterocycles. The van der Waals surface area contributed by atoms with Crippen LogP contribution >= 0.6 is 11.6 Å². The fraction of sp³-hybridized carbons (Fsp3) is 0.462. The Balaban J connectivity index is 2.16. The van der Waals surface area contributed by atoms with Crippen LogP contribution in [0.3, 0.4) is 0 Å². The van der Waals surface area contributed by atoms with Gasteiger partial charge in [0.05, 0.1) is 9.92 Å². The summed E-state index contributed by atoms with van der Waals surface area (Å²) in [6.45, 7) is 1.26. The van der Waals surface area contributed by atoms with Crippen LogP contribution in [0.15, 0.2) is 23.1 Å². The summed E-state index contributed by atoms with van der Waals surface area (Å²) in [5, 5.41) is 0.0523. The number of sulfone groups is 1. The summed E-state index contributed by atoms with van der Waals surface area (Å²) in [4.78, 5) is 13.6. The highest BCUT2D eigenvalue weighted by atomic mass is 35.5. The molecule has 1 aromatic carbocycles. The number of nitrogen functional groups attached to an aromatic ring is 1. The number of hydrogen-bond donors (Lipinski definition) is 1. The molecule has 0 radical (unpaired) electrons. The molecule has 0 bridgehead atoms. The van der Waals surface area contributed by atoms with Crippen LogP contribution in [-0.4, -0.2) is 38.1 Å². The Hall–Kier alpha value is -1.27. The molecule has 1 amide bonds. The fourth-order valence-corrected chi connectivity index (χ4v) is 4.08. The standard InChI is InChI=1S/C13H17ClN2O3S/c14-11-8-10(15)4-5-12(11)20(18,19)9-13(17)16-6-2-1-3-7-16/h4-5,8H,1-3,6-7,9,15H2. The number of nitrogens with zero attached hydrogens (tertiary/aromatic N) is 1. The van der Waals surface area contributed by atoms with E-state index in [2.05, 4.69) is 0 Å². The maximum absolute atomic E-state index is 12.2. The molecule has 2 rings (SSSR count). The molecule has 0 unspecified atom stereocenters. The first kappa shape index (κ1) is 15.1. The number of hydrogen-bond acceptors (Lipinski definition) is 4. The first-order valence-electron chi connectivity index (χ1n) is 6.46. The minimum absolute atomic E-state index is 0.0428. The lowest BCUT2D eigenvalue weighted by Crippen LogP contribution is -2.39. The highest BCUT2D eigenvalue weighted by Crippen LogP contribution is 2.25. The van der Waals surface area contributed by atoms with Crippen molar-refractivity contribution in [2.24, 2.45) is 0 Å². The molecule has 1 heterocycles. The van der Waals surface area contributed by atoms with Gasteiger partial charge in [-0.25, -0.2) is 8.42 Å². The van der Waals surface area contributed by atoms with Crippen LogP contribution in [0.1, 0.15) is 19.3 Å². The van der Waals surface area contributed by atoms with Crippen LogP contribution in [-0.2, 0) is 14.6 Å². The highest BCUT2D eigenvalue weighted by molar-refractivity contribution is 7.92. The molecule has 0 aromatic heterocycles. The third-order valence-corrected chi connectivity index (χ3v) is 5.39. The molecular formula is C13H17ClN2O3S. The molecule has 1 aliphatic rings. The van der Waals surface area contributed by atoms with Gasteiger partial charge >= 0.3 is 0 Å². The summed E-state index contributed by atoms with van der Waals surface area (Å²) < 4.78 is 24.5. The number of anilines is 1. The molecule has 7 heteroatoms. The zero-order chi connectivity index (χ0) is 14.8. The number of piperidine rings is 1. The van der Waals surface area contributed by atoms with E-state index in [1.54, 1.807) is 4.90 Å². The van der Waals surface area contributed by atoms with E-state index in [1.165, 1.54) is 18.2 Å². The minimum Gasteiger partial charge on any atom is -0.399 e. The van der Waals surface area contributed by atoms with Gasteiger partial charge < -0.3 is 10.6 Å². The number of halogens is 1. The van der Waals surface area contributed by atoms with Gasteiger partial charge in [-0.2, -0.15) is 0 Å². The van der Waals surface area contributed by atoms with E-state index in [0.29, 0.717) is 18.8 Å². The smallest absolute Gasteiger partial charge is 0.238 e. The molecular weight excluding hydrogens is 300 g/mol. The van der Waals surface area contributed by atoms with Crippen molar-refractivity contribution >= 4 is 33.0 Å². The van der Waals surface area contributed by atoms with Gasteiger partial charge in [0.15, 0.2) is 9.84 Å². The first-order chi connectivity index (χ1) is 9.40. The second-order valence-corrected chi connectivity index (χ2v) is 7.26. The lowest BCUT2D eigenvalue weighted by Gasteiger charge is -2.26. The van der Waals surface area contributed by atoms with Gasteiger partial charge in [0, 0.05) is 18.8 Å². The number of rotatable bonds is 3. The Morgan fingerprint density at radius 1 is 1.25 bits per heavy atom. The van der Waals surface area contributed by atoms with E-state index >= 15 is 0 Å². The summed E-state index contributed by atoms with van der Waals surface area (Å²) in [5.74, 6) is -0.908. The summed E-state index contributed by atoms with van der Waals surface area (Å²) in [6, 6.07) is 4.18. The van der Waals surface area contributed by atoms with Crippen molar-refractivity contribution in [1.29, 1.82) is 0 Å². The van der Waals surface area contributed by atoms with Gasteiger partial charge in [-0.05, 0) is 37.5 Å². The maximum atomic E-state index is 12.2. The Bertz CT molecular complexity index is 610. The Morgan fingerprint density at radius 2 is 1.90 bits per heavy atom. The normalized spacial score (nSPS) is 16.1. The average Bonchev–Trinajstić information content (AvgIpc) is 2.38. The summed E-state index contributed by atoms with van der Waals surface area (Å²) in [5.41, 5.74) is 5.92. The Labute approximate surface area is 123 Å². The van der Waals surface area contributed by atoms with Crippen LogP contribution < -0.4 is 5.73 Å². The molecule has 0 aliphatic carbocycles. The predicted octanol–water partition coefficient (Wildman–Crippen LogP) is 1.71. The second-order valence-electron chi connectivity index (χ2n) is 4.89. The fourth-order valence-electron chi connectivity index (χ4n) is 2.24. The van der Waals surface area contributed by atoms with Crippen molar-refractivity contribution in [2.75, 3.05) is 24.6 Å². The molecule has 2 N–H and O–H groups in total. The van der Waals surface area contributed by atoms with E-state index in [1.807, 2.05) is 0 Å². The van der Waals surface area contributed by atoms with Gasteiger partial charge in [-0.1, -0.05) is 11.6 Å². The van der Waals surface area contributed by atoms with Crippen molar-refractivity contribution in [3.8, 4) is 0 Å². The minimum atomic E-state index is -3.73. The first-order valence-corrected chi connectivity index (χ1v) is 8.49. The molecule has 0 atom stereocenters. The topological polar surface area (TPSA) is 80.5 Å². The van der Waals surface area contributed by atoms with E-state index in [0.717, 1.165) is 19.3 Å². The quantitative estimate of drug-likeness (QED) is 0.861. The Morgan fingerprint density at radius 3 is 2.50 bits per heavy atom. The zero-order valence-corrected chi connectivity index (χ0v) is 12.6. The average molecular weight is 317 g/mol. The van der Waals surface area contributed by atoms with Crippen LogP contribution in [0, 0.1) is 0 Å². The van der Waals surface area contributed by atoms with E-state index in [9.17, 15) is 13.2 Å². The van der Waals surface area contributed by atoms with Gasteiger partial charge in [-0.3, -0.25) is 4.79 Å². The Kier molecular flexibility index (Phi) is 4.55. The van der Waals surface area contributed by atoms with Crippen molar-refractivity contribution in [3.05, 3.63) is 23.2 Å². The van der Waals surface area contributed by atoms with Crippen LogP contribution in [0.4, 0.5) is 5.69 Å². The van der Waals surface area contributed by atoms with Crippen LogP contribution in [0.25, 0.3) is 0 Å². The van der Waals surface area contributed by atoms with E-state index in [-0.39, 0.29) is 15.8 Å². The van der Waals surface area contributed by atoms with Crippen LogP contribution in [0.5, 0.6) is 0 Å². The SMILES string of the molecule is Nc1ccc(S(=O)(=O)CC(=O)N2CCCCC2)c(Cl)c1. The van der Waals surface area contributed by atoms with Gasteiger partial charge in [-0.15, -0.1) is 0 Å². The molecule has 0 spiro atoms. The number of carbonyl (C=O) groups excluding carboxylic acids is 1. The molecule has 5 nitrogen and oxygen atoms in total. The second kappa shape index (κ2) is 6.01. The molecule has 1 aromatic rings. The predicted molar refractivity (Wildman–Crippen MR) is 78.3 cm³/mol. The van der Waals surface area contributed by atoms with E-state index < -0.39 is 15.6 Å². The van der Waals surface area contributed by atoms with Gasteiger partial charge in [0.1, 0.15) is 5.75 Å². The van der Waals surface area contributed by atoms with Crippen molar-refractivity contribution in [1.82, 2.24) is 4.90 Å². The monoisotopic (exact) mass is 316 g/mol. The lowest BCUT2D eigenvalue weighted by molar-refractivity contribution is -0.129. The van der Waals surface area contributed by atoms with Crippen LogP contribution in [0.2, 0.25) is 5.02 Å². The number of benzene rings is 1. The summed E-state index contributed by atoms with van der Waals surface area (Å²) >= 11 is 5.90. The molecule has 1 fully saturated rings. The number of nitrogens with two attached hydrogens (primary N) is 1. The maximum Gasteiger partial charge on any atom is 0.238 e. The number of amides is 1. The van der Waals surface area contributed by atoms with Gasteiger partial charge in [0.2, 0.25) is 5.91 Å². The van der Waals surface area contributed by atoms with Gasteiger partial charge in [0.25, 0.3) is 0 Å². The summed E-state index contributed by atoms with van der Waals surface area (Å²) in [7, 11) is -3.73. The summed E-state index contributed by atoms with van der Waals surface area (Å²) in [6.07, 6.45) is 2.93. The largest absolute Gasteiger partial charge is 0.399 e. The molecule has 1 aliphatic heterocycles. The number of carbonyl (C=O) groups is 1. The van der Waals surface area contributed by atoms with Crippen molar-refractivity contribution in [3.63, 3.8) is 0 Å². The lowest BCUT2D eigenvalue weighted by atomic mass is 10.1. The molecule has 110 valence electrons. The van der Waals surface area contributed by atoms with E-state index in [4.69, 9.17) is 17.3 Å².